The molecule has 0 radical (unpaired) electrons. The molecule has 25 heavy (non-hydrogen) atoms. The molecule has 0 heterocycles. The molecule has 0 aliphatic heterocycles. The van der Waals surface area contributed by atoms with Crippen LogP contribution >= 0.6 is 0 Å². The van der Waals surface area contributed by atoms with Crippen LogP contribution < -0.4 is 10.4 Å². The lowest BCUT2D eigenvalue weighted by molar-refractivity contribution is -0.308. The Morgan fingerprint density at radius 2 is 1.36 bits per heavy atom. The Kier molecular flexibility index (Phi) is 5.80. The van der Waals surface area contributed by atoms with Gasteiger partial charge in [-0.1, -0.05) is 60.7 Å². The zero-order valence-corrected chi connectivity index (χ0v) is 14.6. The van der Waals surface area contributed by atoms with Crippen LogP contribution in [0.1, 0.15) is 37.8 Å². The van der Waals surface area contributed by atoms with Crippen LogP contribution in [0.5, 0.6) is 0 Å². The van der Waals surface area contributed by atoms with Gasteiger partial charge in [0.05, 0.1) is 12.0 Å². The maximum atomic E-state index is 12.1. The van der Waals surface area contributed by atoms with Crippen LogP contribution in [0.3, 0.4) is 0 Å². The molecule has 0 fully saturated rings. The van der Waals surface area contributed by atoms with Crippen LogP contribution in [0.25, 0.3) is 0 Å². The molecule has 2 aromatic carbocycles. The van der Waals surface area contributed by atoms with Gasteiger partial charge in [-0.2, -0.15) is 0 Å². The molecule has 2 aromatic rings. The second kappa shape index (κ2) is 7.83. The molecule has 2 rings (SSSR count). The fraction of sp³-hybridized carbons (Fsp3) is 0.300. The van der Waals surface area contributed by atoms with E-state index in [0.29, 0.717) is 0 Å². The first-order valence-electron chi connectivity index (χ1n) is 8.08. The van der Waals surface area contributed by atoms with E-state index < -0.39 is 29.6 Å². The van der Waals surface area contributed by atoms with E-state index in [4.69, 9.17) is 4.74 Å². The number of rotatable bonds is 5. The van der Waals surface area contributed by atoms with Gasteiger partial charge in [0, 0.05) is 5.92 Å². The second-order valence-corrected chi connectivity index (χ2v) is 6.74. The summed E-state index contributed by atoms with van der Waals surface area (Å²) >= 11 is 0. The van der Waals surface area contributed by atoms with Crippen molar-refractivity contribution in [2.24, 2.45) is 0 Å². The zero-order chi connectivity index (χ0) is 18.4. The van der Waals surface area contributed by atoms with E-state index in [2.05, 4.69) is 5.32 Å². The van der Waals surface area contributed by atoms with Crippen molar-refractivity contribution < 1.29 is 19.4 Å². The maximum Gasteiger partial charge on any atom is 0.408 e. The van der Waals surface area contributed by atoms with E-state index in [1.165, 1.54) is 0 Å². The van der Waals surface area contributed by atoms with Gasteiger partial charge in [-0.15, -0.1) is 0 Å². The zero-order valence-electron chi connectivity index (χ0n) is 14.6. The van der Waals surface area contributed by atoms with Gasteiger partial charge in [0.1, 0.15) is 5.60 Å². The summed E-state index contributed by atoms with van der Waals surface area (Å²) in [5.74, 6) is -1.97. The van der Waals surface area contributed by atoms with Crippen LogP contribution in [-0.4, -0.2) is 23.7 Å². The fourth-order valence-corrected chi connectivity index (χ4v) is 2.61. The third-order valence-corrected chi connectivity index (χ3v) is 3.58. The summed E-state index contributed by atoms with van der Waals surface area (Å²) in [4.78, 5) is 23.9. The Morgan fingerprint density at radius 1 is 0.920 bits per heavy atom. The number of hydrogen-bond acceptors (Lipinski definition) is 4. The van der Waals surface area contributed by atoms with E-state index in [1.54, 1.807) is 20.8 Å². The molecule has 1 N–H and O–H groups in total. The topological polar surface area (TPSA) is 78.5 Å². The predicted octanol–water partition coefficient (Wildman–Crippen LogP) is 2.46. The fourth-order valence-electron chi connectivity index (χ4n) is 2.61. The lowest BCUT2D eigenvalue weighted by atomic mass is 9.85. The largest absolute Gasteiger partial charge is 0.548 e. The molecule has 5 nitrogen and oxygen atoms in total. The van der Waals surface area contributed by atoms with E-state index in [-0.39, 0.29) is 0 Å². The minimum absolute atomic E-state index is 0.597. The van der Waals surface area contributed by atoms with Crippen molar-refractivity contribution in [3.05, 3.63) is 71.8 Å². The minimum atomic E-state index is -1.37. The number of alkyl carbamates (subject to hydrolysis) is 1. The summed E-state index contributed by atoms with van der Waals surface area (Å²) in [6.45, 7) is 5.14. The summed E-state index contributed by atoms with van der Waals surface area (Å²) in [6, 6.07) is 17.0. The Labute approximate surface area is 147 Å². The van der Waals surface area contributed by atoms with Gasteiger partial charge < -0.3 is 20.0 Å². The molecular weight excluding hydrogens is 318 g/mol. The number of carbonyl (C=O) groups is 2. The van der Waals surface area contributed by atoms with Crippen molar-refractivity contribution in [3.8, 4) is 0 Å². The average molecular weight is 340 g/mol. The second-order valence-electron chi connectivity index (χ2n) is 6.74. The quantitative estimate of drug-likeness (QED) is 0.907. The van der Waals surface area contributed by atoms with Crippen molar-refractivity contribution in [1.82, 2.24) is 5.32 Å². The van der Waals surface area contributed by atoms with Crippen LogP contribution in [0, 0.1) is 0 Å². The SMILES string of the molecule is CC(C)(C)OC(=O)N[C@H](C(=O)[O-])C(c1ccccc1)c1ccccc1. The van der Waals surface area contributed by atoms with Crippen molar-refractivity contribution in [3.63, 3.8) is 0 Å². The summed E-state index contributed by atoms with van der Waals surface area (Å²) < 4.78 is 5.20. The van der Waals surface area contributed by atoms with E-state index in [0.717, 1.165) is 11.1 Å². The molecule has 0 aromatic heterocycles. The van der Waals surface area contributed by atoms with Crippen molar-refractivity contribution >= 4 is 12.1 Å². The van der Waals surface area contributed by atoms with Gasteiger partial charge in [0.2, 0.25) is 0 Å². The van der Waals surface area contributed by atoms with Gasteiger partial charge in [-0.05, 0) is 31.9 Å². The average Bonchev–Trinajstić information content (AvgIpc) is 2.54. The molecule has 0 aliphatic carbocycles. The molecule has 0 aliphatic rings. The van der Waals surface area contributed by atoms with Crippen LogP contribution in [0.4, 0.5) is 4.79 Å². The number of carbonyl (C=O) groups excluding carboxylic acids is 2. The molecular formula is C20H22NO4-. The Morgan fingerprint density at radius 3 is 1.72 bits per heavy atom. The number of hydrogen-bond donors (Lipinski definition) is 1. The van der Waals surface area contributed by atoms with Gasteiger partial charge >= 0.3 is 6.09 Å². The number of benzene rings is 2. The number of nitrogens with one attached hydrogen (secondary N) is 1. The molecule has 0 bridgehead atoms. The van der Waals surface area contributed by atoms with Gasteiger partial charge in [0.15, 0.2) is 0 Å². The summed E-state index contributed by atoms with van der Waals surface area (Å²) in [5.41, 5.74) is 0.799. The van der Waals surface area contributed by atoms with E-state index >= 15 is 0 Å². The molecule has 1 atom stereocenters. The molecule has 0 unspecified atom stereocenters. The van der Waals surface area contributed by atoms with Crippen molar-refractivity contribution in [1.29, 1.82) is 0 Å². The van der Waals surface area contributed by atoms with Crippen LogP contribution in [0.15, 0.2) is 60.7 Å². The molecule has 0 spiro atoms. The van der Waals surface area contributed by atoms with Crippen LogP contribution in [-0.2, 0) is 9.53 Å². The number of amides is 1. The van der Waals surface area contributed by atoms with Gasteiger partial charge in [0.25, 0.3) is 0 Å². The lowest BCUT2D eigenvalue weighted by Gasteiger charge is -2.30. The predicted molar refractivity (Wildman–Crippen MR) is 92.9 cm³/mol. The monoisotopic (exact) mass is 340 g/mol. The highest BCUT2D eigenvalue weighted by molar-refractivity contribution is 5.80. The minimum Gasteiger partial charge on any atom is -0.548 e. The number of carboxylic acids is 1. The highest BCUT2D eigenvalue weighted by Gasteiger charge is 2.29. The summed E-state index contributed by atoms with van der Waals surface area (Å²) in [5, 5.41) is 14.3. The first-order valence-corrected chi connectivity index (χ1v) is 8.08. The molecule has 1 amide bonds. The maximum absolute atomic E-state index is 12.1. The number of aliphatic carboxylic acids is 1. The highest BCUT2D eigenvalue weighted by atomic mass is 16.6. The smallest absolute Gasteiger partial charge is 0.408 e. The normalized spacial score (nSPS) is 12.5. The van der Waals surface area contributed by atoms with E-state index in [9.17, 15) is 14.7 Å². The molecule has 132 valence electrons. The Hall–Kier alpha value is -2.82. The van der Waals surface area contributed by atoms with Gasteiger partial charge in [-0.25, -0.2) is 4.79 Å². The van der Waals surface area contributed by atoms with E-state index in [1.807, 2.05) is 60.7 Å². The summed E-state index contributed by atoms with van der Waals surface area (Å²) in [7, 11) is 0. The number of ether oxygens (including phenoxy) is 1. The first-order chi connectivity index (χ1) is 11.8. The molecule has 5 heteroatoms. The molecule has 0 saturated carbocycles. The standard InChI is InChI=1S/C20H23NO4/c1-20(2,3)25-19(24)21-17(18(22)23)16(14-10-6-4-7-11-14)15-12-8-5-9-13-15/h4-13,16-17H,1-3H3,(H,21,24)(H,22,23)/p-1/t17-/m0/s1. The third kappa shape index (κ3) is 5.35. The summed E-state index contributed by atoms with van der Waals surface area (Å²) in [6.07, 6.45) is -0.793. The van der Waals surface area contributed by atoms with Crippen molar-refractivity contribution in [2.75, 3.05) is 0 Å². The molecule has 0 saturated heterocycles. The Balaban J connectivity index is 2.38. The van der Waals surface area contributed by atoms with Crippen LogP contribution in [0.2, 0.25) is 0 Å². The number of carboxylic acid groups (broad SMARTS) is 1. The Bertz CT molecular complexity index is 668. The highest BCUT2D eigenvalue weighted by Crippen LogP contribution is 2.28. The first kappa shape index (κ1) is 18.5. The lowest BCUT2D eigenvalue weighted by Crippen LogP contribution is -2.52. The third-order valence-electron chi connectivity index (χ3n) is 3.58. The van der Waals surface area contributed by atoms with Gasteiger partial charge in [-0.3, -0.25) is 0 Å². The van der Waals surface area contributed by atoms with Crippen molar-refractivity contribution in [2.45, 2.75) is 38.3 Å².